The van der Waals surface area contributed by atoms with Crippen LogP contribution in [0.15, 0.2) is 35.2 Å². The summed E-state index contributed by atoms with van der Waals surface area (Å²) in [5, 5.41) is 12.5. The zero-order valence-corrected chi connectivity index (χ0v) is 11.6. The Hall–Kier alpha value is -0.980. The van der Waals surface area contributed by atoms with Crippen molar-refractivity contribution in [1.29, 1.82) is 5.26 Å². The fourth-order valence-electron chi connectivity index (χ4n) is 1.69. The van der Waals surface area contributed by atoms with Crippen molar-refractivity contribution in [2.75, 3.05) is 5.75 Å². The summed E-state index contributed by atoms with van der Waals surface area (Å²) < 4.78 is 0. The number of nitrogens with one attached hydrogen (secondary N) is 1. The van der Waals surface area contributed by atoms with E-state index in [1.807, 2.05) is 25.1 Å². The summed E-state index contributed by atoms with van der Waals surface area (Å²) in [5.41, 5.74) is -0.421. The highest BCUT2D eigenvalue weighted by Gasteiger charge is 2.23. The van der Waals surface area contributed by atoms with Crippen LogP contribution in [0.4, 0.5) is 0 Å². The van der Waals surface area contributed by atoms with Gasteiger partial charge in [-0.2, -0.15) is 5.26 Å². The van der Waals surface area contributed by atoms with Gasteiger partial charge in [0, 0.05) is 16.7 Å². The van der Waals surface area contributed by atoms with Crippen molar-refractivity contribution in [2.24, 2.45) is 0 Å². The van der Waals surface area contributed by atoms with Crippen LogP contribution in [0.5, 0.6) is 0 Å². The monoisotopic (exact) mass is 248 g/mol. The summed E-state index contributed by atoms with van der Waals surface area (Å²) in [5.74, 6) is 0.952. The molecule has 0 radical (unpaired) electrons. The third kappa shape index (κ3) is 5.25. The van der Waals surface area contributed by atoms with Gasteiger partial charge < -0.3 is 0 Å². The van der Waals surface area contributed by atoms with Crippen molar-refractivity contribution in [2.45, 2.75) is 43.7 Å². The fourth-order valence-corrected chi connectivity index (χ4v) is 2.78. The molecule has 1 aromatic rings. The molecule has 0 bridgehead atoms. The van der Waals surface area contributed by atoms with Gasteiger partial charge in [0.1, 0.15) is 5.54 Å². The molecule has 0 heterocycles. The average molecular weight is 248 g/mol. The third-order valence-electron chi connectivity index (χ3n) is 2.47. The fraction of sp³-hybridized carbons (Fsp3) is 0.500. The standard InChI is InChI=1S/C14H20N2S/c1-12(2)16-14(3,11-15)9-10-17-13-7-5-4-6-8-13/h4-8,12,16H,9-10H2,1-3H3. The van der Waals surface area contributed by atoms with Crippen LogP contribution in [0, 0.1) is 11.3 Å². The van der Waals surface area contributed by atoms with Gasteiger partial charge in [0.05, 0.1) is 6.07 Å². The Kier molecular flexibility index (Phi) is 5.54. The lowest BCUT2D eigenvalue weighted by atomic mass is 10.0. The molecule has 1 unspecified atom stereocenters. The Labute approximate surface area is 108 Å². The Bertz CT molecular complexity index is 370. The highest BCUT2D eigenvalue weighted by atomic mass is 32.2. The van der Waals surface area contributed by atoms with Crippen LogP contribution in [0.25, 0.3) is 0 Å². The van der Waals surface area contributed by atoms with Crippen LogP contribution in [0.1, 0.15) is 27.2 Å². The predicted molar refractivity (Wildman–Crippen MR) is 74.1 cm³/mol. The molecule has 3 heteroatoms. The van der Waals surface area contributed by atoms with Crippen LogP contribution < -0.4 is 5.32 Å². The maximum Gasteiger partial charge on any atom is 0.104 e. The number of benzene rings is 1. The number of nitriles is 1. The molecule has 0 saturated carbocycles. The second-order valence-electron chi connectivity index (χ2n) is 4.65. The van der Waals surface area contributed by atoms with E-state index in [-0.39, 0.29) is 0 Å². The summed E-state index contributed by atoms with van der Waals surface area (Å²) in [4.78, 5) is 1.26. The van der Waals surface area contributed by atoms with Crippen molar-refractivity contribution in [3.05, 3.63) is 30.3 Å². The molecule has 1 N–H and O–H groups in total. The molecule has 1 atom stereocenters. The van der Waals surface area contributed by atoms with Crippen molar-refractivity contribution >= 4 is 11.8 Å². The lowest BCUT2D eigenvalue weighted by molar-refractivity contribution is 0.397. The molecule has 17 heavy (non-hydrogen) atoms. The molecule has 0 aliphatic heterocycles. The summed E-state index contributed by atoms with van der Waals surface area (Å²) >= 11 is 1.80. The van der Waals surface area contributed by atoms with Gasteiger partial charge in [-0.3, -0.25) is 5.32 Å². The van der Waals surface area contributed by atoms with Crippen LogP contribution in [-0.4, -0.2) is 17.3 Å². The van der Waals surface area contributed by atoms with Crippen molar-refractivity contribution in [3.8, 4) is 6.07 Å². The Balaban J connectivity index is 2.41. The maximum atomic E-state index is 9.21. The quantitative estimate of drug-likeness (QED) is 0.783. The van der Waals surface area contributed by atoms with Gasteiger partial charge in [0.15, 0.2) is 0 Å². The zero-order chi connectivity index (χ0) is 12.7. The van der Waals surface area contributed by atoms with Gasteiger partial charge in [-0.15, -0.1) is 11.8 Å². The summed E-state index contributed by atoms with van der Waals surface area (Å²) in [6.45, 7) is 6.11. The first-order valence-corrected chi connectivity index (χ1v) is 6.91. The molecule has 0 spiro atoms. The van der Waals surface area contributed by atoms with Gasteiger partial charge in [-0.25, -0.2) is 0 Å². The number of nitrogens with zero attached hydrogens (tertiary/aromatic N) is 1. The van der Waals surface area contributed by atoms with E-state index in [1.54, 1.807) is 11.8 Å². The maximum absolute atomic E-state index is 9.21. The van der Waals surface area contributed by atoms with Crippen LogP contribution >= 0.6 is 11.8 Å². The minimum absolute atomic E-state index is 0.335. The van der Waals surface area contributed by atoms with E-state index >= 15 is 0 Å². The van der Waals surface area contributed by atoms with E-state index in [9.17, 15) is 5.26 Å². The molecule has 0 fully saturated rings. The van der Waals surface area contributed by atoms with Crippen LogP contribution in [0.2, 0.25) is 0 Å². The average Bonchev–Trinajstić information content (AvgIpc) is 2.29. The molecule has 92 valence electrons. The van der Waals surface area contributed by atoms with Gasteiger partial charge in [-0.1, -0.05) is 18.2 Å². The molecule has 1 aromatic carbocycles. The minimum atomic E-state index is -0.421. The largest absolute Gasteiger partial charge is 0.297 e. The van der Waals surface area contributed by atoms with Gasteiger partial charge >= 0.3 is 0 Å². The molecule has 0 aromatic heterocycles. The Morgan fingerprint density at radius 2 is 2.00 bits per heavy atom. The third-order valence-corrected chi connectivity index (χ3v) is 3.48. The van der Waals surface area contributed by atoms with Crippen molar-refractivity contribution in [3.63, 3.8) is 0 Å². The van der Waals surface area contributed by atoms with Crippen LogP contribution in [-0.2, 0) is 0 Å². The van der Waals surface area contributed by atoms with E-state index in [2.05, 4.69) is 37.4 Å². The van der Waals surface area contributed by atoms with E-state index in [4.69, 9.17) is 0 Å². The molecular weight excluding hydrogens is 228 g/mol. The molecular formula is C14H20N2S. The van der Waals surface area contributed by atoms with E-state index in [1.165, 1.54) is 4.90 Å². The molecule has 2 nitrogen and oxygen atoms in total. The molecule has 0 amide bonds. The predicted octanol–water partition coefficient (Wildman–Crippen LogP) is 3.45. The topological polar surface area (TPSA) is 35.8 Å². The lowest BCUT2D eigenvalue weighted by Crippen LogP contribution is -2.45. The van der Waals surface area contributed by atoms with Crippen molar-refractivity contribution < 1.29 is 0 Å². The number of rotatable bonds is 6. The highest BCUT2D eigenvalue weighted by Crippen LogP contribution is 2.21. The van der Waals surface area contributed by atoms with Crippen molar-refractivity contribution in [1.82, 2.24) is 5.32 Å². The smallest absolute Gasteiger partial charge is 0.104 e. The summed E-state index contributed by atoms with van der Waals surface area (Å²) in [7, 11) is 0. The highest BCUT2D eigenvalue weighted by molar-refractivity contribution is 7.99. The molecule has 0 aliphatic rings. The lowest BCUT2D eigenvalue weighted by Gasteiger charge is -2.25. The van der Waals surface area contributed by atoms with E-state index in [0.29, 0.717) is 6.04 Å². The molecule has 1 rings (SSSR count). The number of hydrogen-bond acceptors (Lipinski definition) is 3. The Morgan fingerprint density at radius 1 is 1.35 bits per heavy atom. The second-order valence-corrected chi connectivity index (χ2v) is 5.82. The summed E-state index contributed by atoms with van der Waals surface area (Å²) in [6.07, 6.45) is 0.848. The molecule has 0 saturated heterocycles. The first-order chi connectivity index (χ1) is 8.06. The van der Waals surface area contributed by atoms with Gasteiger partial charge in [-0.05, 0) is 39.3 Å². The minimum Gasteiger partial charge on any atom is -0.297 e. The second kappa shape index (κ2) is 6.68. The first-order valence-electron chi connectivity index (χ1n) is 5.92. The van der Waals surface area contributed by atoms with E-state index in [0.717, 1.165) is 12.2 Å². The normalized spacial score (nSPS) is 14.3. The zero-order valence-electron chi connectivity index (χ0n) is 10.7. The van der Waals surface area contributed by atoms with Crippen LogP contribution in [0.3, 0.4) is 0 Å². The SMILES string of the molecule is CC(C)NC(C)(C#N)CCSc1ccccc1. The first kappa shape index (κ1) is 14.1. The molecule has 0 aliphatic carbocycles. The Morgan fingerprint density at radius 3 is 2.53 bits per heavy atom. The number of thioether (sulfide) groups is 1. The van der Waals surface area contributed by atoms with E-state index < -0.39 is 5.54 Å². The number of hydrogen-bond donors (Lipinski definition) is 1. The summed E-state index contributed by atoms with van der Waals surface area (Å²) in [6, 6.07) is 13.0. The van der Waals surface area contributed by atoms with Gasteiger partial charge in [0.2, 0.25) is 0 Å². The van der Waals surface area contributed by atoms with Gasteiger partial charge in [0.25, 0.3) is 0 Å².